The minimum Gasteiger partial charge on any atom is -0.365 e. The highest BCUT2D eigenvalue weighted by Gasteiger charge is 2.27. The van der Waals surface area contributed by atoms with Gasteiger partial charge in [-0.15, -0.1) is 0 Å². The standard InChI is InChI=1S/C17H21F2N5O2/c18-14(19)4-3-13(25)10-2-1-7-24(9-10)23-15-11-5-6-21-17(11)22-8-12(15)16(20)26/h5-6,8,10,14H,1-4,7,9H2,(H2,20,26)(H2,21,22,23)/t10-/m1/s1. The molecular formula is C17H21F2N5O2. The zero-order valence-corrected chi connectivity index (χ0v) is 14.2. The number of nitrogens with zero attached hydrogens (tertiary/aromatic N) is 2. The van der Waals surface area contributed by atoms with E-state index in [0.717, 1.165) is 6.42 Å². The largest absolute Gasteiger partial charge is 0.365 e. The van der Waals surface area contributed by atoms with Crippen LogP contribution >= 0.6 is 0 Å². The average molecular weight is 365 g/mol. The summed E-state index contributed by atoms with van der Waals surface area (Å²) in [6.07, 6.45) is 1.57. The highest BCUT2D eigenvalue weighted by atomic mass is 19.3. The van der Waals surface area contributed by atoms with Crippen LogP contribution in [0.25, 0.3) is 11.0 Å². The number of pyridine rings is 1. The van der Waals surface area contributed by atoms with Crippen molar-refractivity contribution >= 4 is 28.4 Å². The van der Waals surface area contributed by atoms with Gasteiger partial charge in [0.2, 0.25) is 6.43 Å². The number of hydrogen-bond donors (Lipinski definition) is 3. The Kier molecular flexibility index (Phi) is 5.46. The molecule has 0 aromatic carbocycles. The Morgan fingerprint density at radius 1 is 1.46 bits per heavy atom. The Balaban J connectivity index is 1.75. The van der Waals surface area contributed by atoms with E-state index in [2.05, 4.69) is 15.4 Å². The summed E-state index contributed by atoms with van der Waals surface area (Å²) in [5.74, 6) is -1.05. The molecule has 3 heterocycles. The van der Waals surface area contributed by atoms with Gasteiger partial charge in [0, 0.05) is 49.6 Å². The molecule has 26 heavy (non-hydrogen) atoms. The lowest BCUT2D eigenvalue weighted by molar-refractivity contribution is -0.125. The highest BCUT2D eigenvalue weighted by molar-refractivity contribution is 6.05. The first-order chi connectivity index (χ1) is 12.5. The van der Waals surface area contributed by atoms with Gasteiger partial charge in [-0.1, -0.05) is 0 Å². The van der Waals surface area contributed by atoms with Crippen LogP contribution in [0.2, 0.25) is 0 Å². The molecule has 2 aromatic rings. The molecule has 0 bridgehead atoms. The number of hydrazine groups is 1. The first-order valence-corrected chi connectivity index (χ1v) is 8.54. The molecule has 1 atom stereocenters. The number of piperidine rings is 1. The van der Waals surface area contributed by atoms with E-state index in [9.17, 15) is 18.4 Å². The van der Waals surface area contributed by atoms with Gasteiger partial charge in [0.1, 0.15) is 11.4 Å². The molecule has 1 saturated heterocycles. The number of fused-ring (bicyclic) bond motifs is 1. The van der Waals surface area contributed by atoms with Gasteiger partial charge in [-0.05, 0) is 18.9 Å². The van der Waals surface area contributed by atoms with Gasteiger partial charge in [-0.2, -0.15) is 0 Å². The molecule has 0 saturated carbocycles. The highest BCUT2D eigenvalue weighted by Crippen LogP contribution is 2.28. The number of alkyl halides is 2. The van der Waals surface area contributed by atoms with E-state index in [1.54, 1.807) is 12.3 Å². The smallest absolute Gasteiger partial charge is 0.252 e. The number of nitrogens with two attached hydrogens (primary N) is 1. The minimum atomic E-state index is -2.46. The Labute approximate surface area is 148 Å². The van der Waals surface area contributed by atoms with Crippen LogP contribution in [-0.4, -0.2) is 46.2 Å². The molecule has 0 unspecified atom stereocenters. The van der Waals surface area contributed by atoms with Gasteiger partial charge in [-0.25, -0.2) is 18.8 Å². The number of amides is 1. The molecule has 7 nitrogen and oxygen atoms in total. The first kappa shape index (κ1) is 18.2. The molecule has 9 heteroatoms. The third-order valence-corrected chi connectivity index (χ3v) is 4.61. The van der Waals surface area contributed by atoms with Crippen molar-refractivity contribution in [3.8, 4) is 0 Å². The Hall–Kier alpha value is -2.55. The average Bonchev–Trinajstić information content (AvgIpc) is 3.09. The number of carbonyl (C=O) groups excluding carboxylic acids is 2. The molecule has 2 aromatic heterocycles. The maximum Gasteiger partial charge on any atom is 0.252 e. The lowest BCUT2D eigenvalue weighted by Crippen LogP contribution is -2.42. The van der Waals surface area contributed by atoms with Crippen molar-refractivity contribution in [1.82, 2.24) is 15.0 Å². The summed E-state index contributed by atoms with van der Waals surface area (Å²) < 4.78 is 24.7. The Morgan fingerprint density at radius 2 is 2.27 bits per heavy atom. The van der Waals surface area contributed by atoms with Crippen LogP contribution in [0.5, 0.6) is 0 Å². The molecular weight excluding hydrogens is 344 g/mol. The number of H-pyrrole nitrogens is 1. The lowest BCUT2D eigenvalue weighted by atomic mass is 9.92. The van der Waals surface area contributed by atoms with E-state index < -0.39 is 18.8 Å². The number of primary amides is 1. The minimum absolute atomic E-state index is 0.111. The Morgan fingerprint density at radius 3 is 3.00 bits per heavy atom. The molecule has 1 aliphatic heterocycles. The number of halogens is 2. The van der Waals surface area contributed by atoms with Gasteiger partial charge >= 0.3 is 0 Å². The molecule has 1 fully saturated rings. The summed E-state index contributed by atoms with van der Waals surface area (Å²) in [6.45, 7) is 1.07. The van der Waals surface area contributed by atoms with Crippen LogP contribution < -0.4 is 11.2 Å². The van der Waals surface area contributed by atoms with Crippen molar-refractivity contribution in [1.29, 1.82) is 0 Å². The summed E-state index contributed by atoms with van der Waals surface area (Å²) in [7, 11) is 0. The monoisotopic (exact) mass is 365 g/mol. The molecule has 4 N–H and O–H groups in total. The van der Waals surface area contributed by atoms with E-state index in [4.69, 9.17) is 5.73 Å². The number of aromatic nitrogens is 2. The van der Waals surface area contributed by atoms with Crippen LogP contribution in [0, 0.1) is 5.92 Å². The number of Topliss-reactive ketones (excluding diaryl/α,β-unsaturated/α-hetero) is 1. The fourth-order valence-electron chi connectivity index (χ4n) is 3.27. The molecule has 3 rings (SSSR count). The fourth-order valence-corrected chi connectivity index (χ4v) is 3.27. The van der Waals surface area contributed by atoms with Crippen LogP contribution in [0.3, 0.4) is 0 Å². The quantitative estimate of drug-likeness (QED) is 0.698. The second-order valence-corrected chi connectivity index (χ2v) is 6.44. The number of anilines is 1. The van der Waals surface area contributed by atoms with E-state index in [0.29, 0.717) is 36.2 Å². The van der Waals surface area contributed by atoms with Crippen molar-refractivity contribution in [3.05, 3.63) is 24.0 Å². The van der Waals surface area contributed by atoms with Crippen molar-refractivity contribution in [2.24, 2.45) is 11.7 Å². The first-order valence-electron chi connectivity index (χ1n) is 8.54. The number of aromatic amines is 1. The van der Waals surface area contributed by atoms with Crippen LogP contribution in [0.1, 0.15) is 36.0 Å². The number of rotatable bonds is 7. The summed E-state index contributed by atoms with van der Waals surface area (Å²) in [5.41, 5.74) is 10.0. The normalized spacial score (nSPS) is 18.3. The third-order valence-electron chi connectivity index (χ3n) is 4.61. The molecule has 0 aliphatic carbocycles. The Bertz CT molecular complexity index is 808. The zero-order chi connectivity index (χ0) is 18.7. The van der Waals surface area contributed by atoms with Crippen LogP contribution in [0.15, 0.2) is 18.5 Å². The van der Waals surface area contributed by atoms with Crippen molar-refractivity contribution < 1.29 is 18.4 Å². The molecule has 1 aliphatic rings. The lowest BCUT2D eigenvalue weighted by Gasteiger charge is -2.33. The second-order valence-electron chi connectivity index (χ2n) is 6.44. The predicted molar refractivity (Wildman–Crippen MR) is 92.8 cm³/mol. The maximum atomic E-state index is 12.3. The SMILES string of the molecule is NC(=O)c1cnc2[nH]ccc2c1NN1CCC[C@@H](C(=O)CCC(F)F)C1. The summed E-state index contributed by atoms with van der Waals surface area (Å²) in [5, 5.41) is 2.55. The van der Waals surface area contributed by atoms with Crippen molar-refractivity contribution in [2.45, 2.75) is 32.1 Å². The van der Waals surface area contributed by atoms with E-state index in [1.165, 1.54) is 6.20 Å². The predicted octanol–water partition coefficient (Wildman–Crippen LogP) is 2.32. The summed E-state index contributed by atoms with van der Waals surface area (Å²) in [4.78, 5) is 31.0. The number of nitrogens with one attached hydrogen (secondary N) is 2. The van der Waals surface area contributed by atoms with Gasteiger partial charge < -0.3 is 16.1 Å². The maximum absolute atomic E-state index is 12.3. The van der Waals surface area contributed by atoms with Gasteiger partial charge in [0.15, 0.2) is 0 Å². The number of carbonyl (C=O) groups is 2. The molecule has 1 amide bonds. The van der Waals surface area contributed by atoms with Gasteiger partial charge in [0.05, 0.1) is 11.3 Å². The van der Waals surface area contributed by atoms with Crippen molar-refractivity contribution in [3.63, 3.8) is 0 Å². The topological polar surface area (TPSA) is 104 Å². The zero-order valence-electron chi connectivity index (χ0n) is 14.2. The van der Waals surface area contributed by atoms with E-state index in [1.807, 2.05) is 5.01 Å². The number of ketones is 1. The van der Waals surface area contributed by atoms with Gasteiger partial charge in [-0.3, -0.25) is 9.59 Å². The van der Waals surface area contributed by atoms with E-state index in [-0.39, 0.29) is 23.7 Å². The van der Waals surface area contributed by atoms with E-state index >= 15 is 0 Å². The molecule has 0 spiro atoms. The summed E-state index contributed by atoms with van der Waals surface area (Å²) in [6, 6.07) is 1.78. The molecule has 140 valence electrons. The fraction of sp³-hybridized carbons (Fsp3) is 0.471. The second kappa shape index (κ2) is 7.77. The van der Waals surface area contributed by atoms with Gasteiger partial charge in [0.25, 0.3) is 5.91 Å². The summed E-state index contributed by atoms with van der Waals surface area (Å²) >= 11 is 0. The van der Waals surface area contributed by atoms with Crippen LogP contribution in [-0.2, 0) is 4.79 Å². The van der Waals surface area contributed by atoms with Crippen LogP contribution in [0.4, 0.5) is 14.5 Å². The van der Waals surface area contributed by atoms with Crippen molar-refractivity contribution in [2.75, 3.05) is 18.5 Å². The third kappa shape index (κ3) is 3.98. The number of hydrogen-bond acceptors (Lipinski definition) is 5. The molecule has 0 radical (unpaired) electrons.